The molecule has 0 saturated carbocycles. The summed E-state index contributed by atoms with van der Waals surface area (Å²) in [5.41, 5.74) is 1.40. The van der Waals surface area contributed by atoms with Gasteiger partial charge in [-0.25, -0.2) is 8.78 Å². The molecule has 0 saturated heterocycles. The average Bonchev–Trinajstić information content (AvgIpc) is 3.20. The summed E-state index contributed by atoms with van der Waals surface area (Å²) in [6, 6.07) is 20.8. The van der Waals surface area contributed by atoms with Gasteiger partial charge in [0.15, 0.2) is 0 Å². The number of fused-ring (bicyclic) bond motifs is 1. The molecule has 0 aliphatic rings. The molecule has 1 heterocycles. The topological polar surface area (TPSA) is 63.1 Å². The van der Waals surface area contributed by atoms with Gasteiger partial charge in [-0.1, -0.05) is 54.6 Å². The molecule has 0 bridgehead atoms. The smallest absolute Gasteiger partial charge is 0.257 e. The summed E-state index contributed by atoms with van der Waals surface area (Å²) in [6.07, 6.45) is 1.93. The van der Waals surface area contributed by atoms with Gasteiger partial charge in [0.2, 0.25) is 5.91 Å². The SMILES string of the molecule is O=C(CSc1cn(CCNC(=O)c2c(F)cccc2F)c2ccccc12)NCc1ccccc1. The van der Waals surface area contributed by atoms with E-state index < -0.39 is 23.1 Å². The van der Waals surface area contributed by atoms with Crippen molar-refractivity contribution in [3.63, 3.8) is 0 Å². The highest BCUT2D eigenvalue weighted by atomic mass is 32.2. The Kier molecular flexibility index (Phi) is 7.59. The quantitative estimate of drug-likeness (QED) is 0.341. The van der Waals surface area contributed by atoms with Crippen molar-refractivity contribution in [3.8, 4) is 0 Å². The highest BCUT2D eigenvalue weighted by Crippen LogP contribution is 2.29. The number of nitrogens with one attached hydrogen (secondary N) is 2. The molecular formula is C26H23F2N3O2S. The van der Waals surface area contributed by atoms with Gasteiger partial charge in [0.25, 0.3) is 5.91 Å². The molecule has 0 aliphatic heterocycles. The van der Waals surface area contributed by atoms with Crippen LogP contribution in [0.4, 0.5) is 8.78 Å². The van der Waals surface area contributed by atoms with Gasteiger partial charge in [-0.05, 0) is 23.8 Å². The number of carbonyl (C=O) groups excluding carboxylic acids is 2. The van der Waals surface area contributed by atoms with E-state index in [1.807, 2.05) is 65.4 Å². The van der Waals surface area contributed by atoms with Crippen molar-refractivity contribution in [1.82, 2.24) is 15.2 Å². The number of amides is 2. The molecule has 0 atom stereocenters. The molecular weight excluding hydrogens is 456 g/mol. The first-order chi connectivity index (χ1) is 16.5. The van der Waals surface area contributed by atoms with Crippen molar-refractivity contribution >= 4 is 34.5 Å². The number of nitrogens with zero attached hydrogens (tertiary/aromatic N) is 1. The minimum Gasteiger partial charge on any atom is -0.351 e. The number of thioether (sulfide) groups is 1. The molecule has 5 nitrogen and oxygen atoms in total. The molecule has 4 aromatic rings. The Hall–Kier alpha value is -3.65. The lowest BCUT2D eigenvalue weighted by atomic mass is 10.2. The third-order valence-corrected chi connectivity index (χ3v) is 6.31. The van der Waals surface area contributed by atoms with Crippen LogP contribution >= 0.6 is 11.8 Å². The van der Waals surface area contributed by atoms with Crippen LogP contribution in [-0.4, -0.2) is 28.7 Å². The van der Waals surface area contributed by atoms with Crippen molar-refractivity contribution in [2.24, 2.45) is 0 Å². The molecule has 3 aromatic carbocycles. The molecule has 1 aromatic heterocycles. The van der Waals surface area contributed by atoms with Gasteiger partial charge in [0.1, 0.15) is 17.2 Å². The van der Waals surface area contributed by atoms with E-state index in [4.69, 9.17) is 0 Å². The van der Waals surface area contributed by atoms with Gasteiger partial charge in [-0.3, -0.25) is 9.59 Å². The second kappa shape index (κ2) is 11.0. The van der Waals surface area contributed by atoms with E-state index >= 15 is 0 Å². The van der Waals surface area contributed by atoms with E-state index in [2.05, 4.69) is 10.6 Å². The monoisotopic (exact) mass is 479 g/mol. The van der Waals surface area contributed by atoms with Crippen LogP contribution in [0.15, 0.2) is 83.9 Å². The summed E-state index contributed by atoms with van der Waals surface area (Å²) in [5.74, 6) is -2.38. The van der Waals surface area contributed by atoms with Crippen molar-refractivity contribution in [2.75, 3.05) is 12.3 Å². The average molecular weight is 480 g/mol. The van der Waals surface area contributed by atoms with Crippen LogP contribution in [-0.2, 0) is 17.9 Å². The van der Waals surface area contributed by atoms with Crippen LogP contribution in [0.3, 0.4) is 0 Å². The minimum absolute atomic E-state index is 0.0649. The van der Waals surface area contributed by atoms with Crippen molar-refractivity contribution in [3.05, 3.63) is 102 Å². The van der Waals surface area contributed by atoms with Crippen LogP contribution in [0.1, 0.15) is 15.9 Å². The molecule has 2 N–H and O–H groups in total. The Labute approximate surface area is 200 Å². The Bertz CT molecular complexity index is 1290. The Morgan fingerprint density at radius 2 is 1.56 bits per heavy atom. The van der Waals surface area contributed by atoms with Gasteiger partial charge in [0, 0.05) is 41.6 Å². The van der Waals surface area contributed by atoms with Crippen LogP contribution in [0.25, 0.3) is 10.9 Å². The number of para-hydroxylation sites is 1. The van der Waals surface area contributed by atoms with Gasteiger partial charge in [-0.15, -0.1) is 11.8 Å². The molecule has 174 valence electrons. The molecule has 4 rings (SSSR count). The number of halogens is 2. The predicted molar refractivity (Wildman–Crippen MR) is 130 cm³/mol. The molecule has 0 radical (unpaired) electrons. The Morgan fingerprint density at radius 1 is 0.853 bits per heavy atom. The van der Waals surface area contributed by atoms with Crippen LogP contribution in [0, 0.1) is 11.6 Å². The van der Waals surface area contributed by atoms with E-state index in [0.29, 0.717) is 13.1 Å². The summed E-state index contributed by atoms with van der Waals surface area (Å²) in [5, 5.41) is 6.49. The predicted octanol–water partition coefficient (Wildman–Crippen LogP) is 4.76. The highest BCUT2D eigenvalue weighted by Gasteiger charge is 2.17. The summed E-state index contributed by atoms with van der Waals surface area (Å²) in [7, 11) is 0. The first kappa shape index (κ1) is 23.5. The van der Waals surface area contributed by atoms with Gasteiger partial charge in [-0.2, -0.15) is 0 Å². The van der Waals surface area contributed by atoms with Gasteiger partial charge in [0.05, 0.1) is 5.75 Å². The first-order valence-electron chi connectivity index (χ1n) is 10.8. The summed E-state index contributed by atoms with van der Waals surface area (Å²) >= 11 is 1.44. The summed E-state index contributed by atoms with van der Waals surface area (Å²) in [4.78, 5) is 25.5. The molecule has 2 amide bonds. The van der Waals surface area contributed by atoms with E-state index in [1.165, 1.54) is 17.8 Å². The van der Waals surface area contributed by atoms with E-state index in [1.54, 1.807) is 0 Å². The standard InChI is InChI=1S/C26H23F2N3O2S/c27-20-10-6-11-21(28)25(20)26(33)29-13-14-31-16-23(19-9-4-5-12-22(19)31)34-17-24(32)30-15-18-7-2-1-3-8-18/h1-12,16H,13-15,17H2,(H,29,33)(H,30,32). The lowest BCUT2D eigenvalue weighted by Crippen LogP contribution is -2.28. The largest absolute Gasteiger partial charge is 0.351 e. The second-order valence-electron chi connectivity index (χ2n) is 7.61. The maximum atomic E-state index is 13.8. The Balaban J connectivity index is 1.36. The van der Waals surface area contributed by atoms with E-state index in [0.717, 1.165) is 33.5 Å². The maximum Gasteiger partial charge on any atom is 0.257 e. The first-order valence-corrected chi connectivity index (χ1v) is 11.7. The number of hydrogen-bond donors (Lipinski definition) is 2. The number of hydrogen-bond acceptors (Lipinski definition) is 3. The maximum absolute atomic E-state index is 13.8. The van der Waals surface area contributed by atoms with Gasteiger partial charge < -0.3 is 15.2 Å². The second-order valence-corrected chi connectivity index (χ2v) is 8.62. The van der Waals surface area contributed by atoms with Crippen LogP contribution < -0.4 is 10.6 Å². The molecule has 0 spiro atoms. The normalized spacial score (nSPS) is 10.9. The van der Waals surface area contributed by atoms with Crippen molar-refractivity contribution in [1.29, 1.82) is 0 Å². The third-order valence-electron chi connectivity index (χ3n) is 5.27. The molecule has 0 unspecified atom stereocenters. The number of aromatic nitrogens is 1. The fourth-order valence-corrected chi connectivity index (χ4v) is 4.52. The molecule has 34 heavy (non-hydrogen) atoms. The van der Waals surface area contributed by atoms with E-state index in [9.17, 15) is 18.4 Å². The lowest BCUT2D eigenvalue weighted by Gasteiger charge is -2.09. The zero-order valence-electron chi connectivity index (χ0n) is 18.3. The fourth-order valence-electron chi connectivity index (χ4n) is 3.60. The number of benzene rings is 3. The number of rotatable bonds is 9. The fraction of sp³-hybridized carbons (Fsp3) is 0.154. The Morgan fingerprint density at radius 3 is 2.32 bits per heavy atom. The molecule has 0 fully saturated rings. The molecule has 0 aliphatic carbocycles. The zero-order chi connectivity index (χ0) is 23.9. The summed E-state index contributed by atoms with van der Waals surface area (Å²) in [6.45, 7) is 1.07. The number of carbonyl (C=O) groups is 2. The van der Waals surface area contributed by atoms with Crippen molar-refractivity contribution < 1.29 is 18.4 Å². The molecule has 8 heteroatoms. The zero-order valence-corrected chi connectivity index (χ0v) is 19.1. The highest BCUT2D eigenvalue weighted by molar-refractivity contribution is 8.00. The third kappa shape index (κ3) is 5.63. The minimum atomic E-state index is -0.895. The van der Waals surface area contributed by atoms with Gasteiger partial charge >= 0.3 is 0 Å². The van der Waals surface area contributed by atoms with Crippen molar-refractivity contribution in [2.45, 2.75) is 18.0 Å². The van der Waals surface area contributed by atoms with Crippen LogP contribution in [0.2, 0.25) is 0 Å². The lowest BCUT2D eigenvalue weighted by molar-refractivity contribution is -0.118. The summed E-state index contributed by atoms with van der Waals surface area (Å²) < 4.78 is 29.6. The van der Waals surface area contributed by atoms with E-state index in [-0.39, 0.29) is 18.2 Å². The van der Waals surface area contributed by atoms with Crippen LogP contribution in [0.5, 0.6) is 0 Å².